The minimum absolute atomic E-state index is 0.267. The van der Waals surface area contributed by atoms with Gasteiger partial charge < -0.3 is 4.90 Å². The van der Waals surface area contributed by atoms with Crippen LogP contribution in [0.2, 0.25) is 0 Å². The van der Waals surface area contributed by atoms with Gasteiger partial charge in [0.25, 0.3) is 0 Å². The largest absolute Gasteiger partial charge is 0.340 e. The highest BCUT2D eigenvalue weighted by Crippen LogP contribution is 2.72. The van der Waals surface area contributed by atoms with Gasteiger partial charge in [-0.3, -0.25) is 14.6 Å². The molecule has 2 heterocycles. The van der Waals surface area contributed by atoms with Gasteiger partial charge in [0.15, 0.2) is 0 Å². The predicted octanol–water partition coefficient (Wildman–Crippen LogP) is 2.05. The Morgan fingerprint density at radius 2 is 1.52 bits per heavy atom. The third-order valence-electron chi connectivity index (χ3n) is 7.52. The van der Waals surface area contributed by atoms with Gasteiger partial charge in [0, 0.05) is 50.8 Å². The molecule has 0 N–H and O–H groups in total. The number of likely N-dealkylation sites (tertiary alicyclic amines) is 1. The topological polar surface area (TPSA) is 26.8 Å². The normalized spacial score (nSPS) is 38.4. The fourth-order valence-corrected chi connectivity index (χ4v) is 5.51. The smallest absolute Gasteiger partial charge is 0.228 e. The molecule has 0 radical (unpaired) electrons. The number of hydrogen-bond acceptors (Lipinski definition) is 3. The summed E-state index contributed by atoms with van der Waals surface area (Å²) in [6.45, 7) is 15.2. The lowest BCUT2D eigenvalue weighted by molar-refractivity contribution is -0.246. The van der Waals surface area contributed by atoms with Crippen LogP contribution in [0.15, 0.2) is 0 Å². The van der Waals surface area contributed by atoms with Crippen LogP contribution in [0.4, 0.5) is 0 Å². The molecule has 4 nitrogen and oxygen atoms in total. The fraction of sp³-hybridized carbons (Fsp3) is 0.947. The van der Waals surface area contributed by atoms with Gasteiger partial charge in [-0.15, -0.1) is 0 Å². The SMILES string of the molecule is CC(C)N1CC(C(=O)N2CCN(C34CC(C(C)C)(C3)C4)CC2)C1. The lowest BCUT2D eigenvalue weighted by Gasteiger charge is -2.76. The predicted molar refractivity (Wildman–Crippen MR) is 92.2 cm³/mol. The molecule has 5 fully saturated rings. The van der Waals surface area contributed by atoms with E-state index in [2.05, 4.69) is 42.4 Å². The quantitative estimate of drug-likeness (QED) is 0.793. The molecular formula is C19H33N3O. The summed E-state index contributed by atoms with van der Waals surface area (Å²) < 4.78 is 0. The second-order valence-corrected chi connectivity index (χ2v) is 9.33. The highest BCUT2D eigenvalue weighted by atomic mass is 16.2. The van der Waals surface area contributed by atoms with Gasteiger partial charge in [0.1, 0.15) is 0 Å². The average molecular weight is 319 g/mol. The molecular weight excluding hydrogens is 286 g/mol. The molecule has 1 amide bonds. The Labute approximate surface area is 141 Å². The molecule has 5 aliphatic rings. The number of carbonyl (C=O) groups excluding carboxylic acids is 1. The first kappa shape index (κ1) is 15.9. The molecule has 0 aromatic heterocycles. The Morgan fingerprint density at radius 1 is 0.957 bits per heavy atom. The maximum Gasteiger partial charge on any atom is 0.228 e. The van der Waals surface area contributed by atoms with E-state index >= 15 is 0 Å². The zero-order valence-corrected chi connectivity index (χ0v) is 15.3. The van der Waals surface area contributed by atoms with Crippen molar-refractivity contribution in [2.75, 3.05) is 39.3 Å². The molecule has 23 heavy (non-hydrogen) atoms. The van der Waals surface area contributed by atoms with Gasteiger partial charge in [0.05, 0.1) is 5.92 Å². The van der Waals surface area contributed by atoms with Crippen LogP contribution in [-0.2, 0) is 4.79 Å². The monoisotopic (exact) mass is 319 g/mol. The maximum absolute atomic E-state index is 12.6. The van der Waals surface area contributed by atoms with E-state index in [1.807, 2.05) is 0 Å². The molecule has 130 valence electrons. The molecule has 4 heteroatoms. The lowest BCUT2D eigenvalue weighted by atomic mass is 9.35. The zero-order chi connectivity index (χ0) is 16.4. The first-order valence-electron chi connectivity index (χ1n) is 9.63. The summed E-state index contributed by atoms with van der Waals surface area (Å²) in [5.41, 5.74) is 1.21. The van der Waals surface area contributed by atoms with Crippen molar-refractivity contribution in [3.63, 3.8) is 0 Å². The van der Waals surface area contributed by atoms with Gasteiger partial charge in [-0.2, -0.15) is 0 Å². The minimum atomic E-state index is 0.267. The van der Waals surface area contributed by atoms with Crippen molar-refractivity contribution in [2.45, 2.75) is 58.5 Å². The summed E-state index contributed by atoms with van der Waals surface area (Å²) in [7, 11) is 0. The van der Waals surface area contributed by atoms with Crippen molar-refractivity contribution < 1.29 is 4.79 Å². The van der Waals surface area contributed by atoms with Crippen LogP contribution in [-0.4, -0.2) is 71.5 Å². The van der Waals surface area contributed by atoms with Crippen molar-refractivity contribution in [3.8, 4) is 0 Å². The Balaban J connectivity index is 1.24. The summed E-state index contributed by atoms with van der Waals surface area (Å²) >= 11 is 0. The molecule has 0 spiro atoms. The second kappa shape index (κ2) is 5.19. The number of amides is 1. The molecule has 0 aromatic rings. The molecule has 2 saturated heterocycles. The van der Waals surface area contributed by atoms with Crippen molar-refractivity contribution in [1.29, 1.82) is 0 Å². The molecule has 5 rings (SSSR count). The third-order valence-corrected chi connectivity index (χ3v) is 7.52. The molecule has 2 bridgehead atoms. The second-order valence-electron chi connectivity index (χ2n) is 9.33. The maximum atomic E-state index is 12.6. The summed E-state index contributed by atoms with van der Waals surface area (Å²) in [6, 6.07) is 0.577. The molecule has 0 atom stereocenters. The Hall–Kier alpha value is -0.610. The first-order valence-corrected chi connectivity index (χ1v) is 9.63. The highest BCUT2D eigenvalue weighted by Gasteiger charge is 2.70. The molecule has 2 aliphatic heterocycles. The van der Waals surface area contributed by atoms with E-state index < -0.39 is 0 Å². The average Bonchev–Trinajstić information content (AvgIpc) is 2.33. The summed E-state index contributed by atoms with van der Waals surface area (Å²) in [6.07, 6.45) is 4.24. The van der Waals surface area contributed by atoms with Crippen LogP contribution in [0.25, 0.3) is 0 Å². The lowest BCUT2D eigenvalue weighted by Crippen LogP contribution is -2.77. The van der Waals surface area contributed by atoms with Crippen LogP contribution in [0, 0.1) is 17.3 Å². The molecule has 3 aliphatic carbocycles. The van der Waals surface area contributed by atoms with Gasteiger partial charge in [-0.1, -0.05) is 13.8 Å². The standard InChI is InChI=1S/C19H33N3O/c1-14(2)18-11-19(12-18,13-18)22-7-5-20(6-8-22)17(23)16-9-21(10-16)15(3)4/h14-16H,5-13H2,1-4H3. The number of nitrogens with zero attached hydrogens (tertiary/aromatic N) is 3. The Bertz CT molecular complexity index is 467. The van der Waals surface area contributed by atoms with Crippen LogP contribution in [0.5, 0.6) is 0 Å². The molecule has 3 saturated carbocycles. The van der Waals surface area contributed by atoms with E-state index in [0.29, 0.717) is 22.9 Å². The molecule has 0 aromatic carbocycles. The summed E-state index contributed by atoms with van der Waals surface area (Å²) in [4.78, 5) is 19.9. The van der Waals surface area contributed by atoms with Gasteiger partial charge in [-0.25, -0.2) is 0 Å². The number of rotatable bonds is 4. The molecule has 0 unspecified atom stereocenters. The fourth-order valence-electron chi connectivity index (χ4n) is 5.51. The summed E-state index contributed by atoms with van der Waals surface area (Å²) in [5.74, 6) is 1.52. The minimum Gasteiger partial charge on any atom is -0.340 e. The van der Waals surface area contributed by atoms with Gasteiger partial charge in [-0.05, 0) is 44.4 Å². The summed E-state index contributed by atoms with van der Waals surface area (Å²) in [5, 5.41) is 0. The number of hydrogen-bond donors (Lipinski definition) is 0. The van der Waals surface area contributed by atoms with E-state index in [0.717, 1.165) is 45.2 Å². The zero-order valence-electron chi connectivity index (χ0n) is 15.3. The van der Waals surface area contributed by atoms with Gasteiger partial charge >= 0.3 is 0 Å². The Morgan fingerprint density at radius 3 is 2.00 bits per heavy atom. The van der Waals surface area contributed by atoms with Crippen molar-refractivity contribution in [1.82, 2.24) is 14.7 Å². The van der Waals surface area contributed by atoms with E-state index in [-0.39, 0.29) is 5.92 Å². The van der Waals surface area contributed by atoms with E-state index in [1.54, 1.807) is 0 Å². The van der Waals surface area contributed by atoms with Crippen molar-refractivity contribution >= 4 is 5.91 Å². The van der Waals surface area contributed by atoms with E-state index in [9.17, 15) is 4.79 Å². The first-order chi connectivity index (χ1) is 10.9. The Kier molecular flexibility index (Phi) is 3.59. The van der Waals surface area contributed by atoms with Crippen molar-refractivity contribution in [3.05, 3.63) is 0 Å². The van der Waals surface area contributed by atoms with Gasteiger partial charge in [0.2, 0.25) is 5.91 Å². The number of piperazine rings is 1. The van der Waals surface area contributed by atoms with E-state index in [1.165, 1.54) is 19.3 Å². The third kappa shape index (κ3) is 2.28. The van der Waals surface area contributed by atoms with Crippen LogP contribution < -0.4 is 0 Å². The van der Waals surface area contributed by atoms with Crippen LogP contribution in [0.3, 0.4) is 0 Å². The van der Waals surface area contributed by atoms with E-state index in [4.69, 9.17) is 0 Å². The number of carbonyl (C=O) groups is 1. The van der Waals surface area contributed by atoms with Crippen molar-refractivity contribution in [2.24, 2.45) is 17.3 Å². The van der Waals surface area contributed by atoms with Crippen LogP contribution in [0.1, 0.15) is 47.0 Å². The highest BCUT2D eigenvalue weighted by molar-refractivity contribution is 5.80. The van der Waals surface area contributed by atoms with Crippen LogP contribution >= 0.6 is 0 Å².